The first-order valence-corrected chi connectivity index (χ1v) is 11.6. The molecule has 2 aromatic carbocycles. The molecule has 2 saturated heterocycles. The van der Waals surface area contributed by atoms with Gasteiger partial charge < -0.3 is 20.4 Å². The third-order valence-corrected chi connectivity index (χ3v) is 6.33. The molecule has 2 N–H and O–H groups in total. The van der Waals surface area contributed by atoms with Gasteiger partial charge in [-0.15, -0.1) is 0 Å². The lowest BCUT2D eigenvalue weighted by Crippen LogP contribution is -2.60. The SMILES string of the molecule is O=C(C[C@H]1C(=O)NCCN1C(=O)CN1CCN(c2ccc(Cl)cc2)CC1)Nc1ccc(F)cc1. The van der Waals surface area contributed by atoms with Gasteiger partial charge in [-0.2, -0.15) is 0 Å². The van der Waals surface area contributed by atoms with E-state index in [1.54, 1.807) is 0 Å². The number of carbonyl (C=O) groups is 3. The second-order valence-corrected chi connectivity index (χ2v) is 8.83. The van der Waals surface area contributed by atoms with Crippen LogP contribution in [0, 0.1) is 5.82 Å². The molecule has 0 aliphatic carbocycles. The van der Waals surface area contributed by atoms with Gasteiger partial charge in [0.05, 0.1) is 13.0 Å². The van der Waals surface area contributed by atoms with Crippen molar-refractivity contribution in [2.75, 3.05) is 56.0 Å². The summed E-state index contributed by atoms with van der Waals surface area (Å²) < 4.78 is 13.1. The Hall–Kier alpha value is -3.17. The predicted octanol–water partition coefficient (Wildman–Crippen LogP) is 1.96. The molecule has 0 radical (unpaired) electrons. The minimum Gasteiger partial charge on any atom is -0.369 e. The second kappa shape index (κ2) is 10.8. The standard InChI is InChI=1S/C24H27ClFN5O3/c25-17-1-7-20(8-2-17)30-13-11-29(12-14-30)16-23(33)31-10-9-27-24(34)21(31)15-22(32)28-19-5-3-18(26)4-6-19/h1-8,21H,9-16H2,(H,27,34)(H,28,32)/t21-/m0/s1. The van der Waals surface area contributed by atoms with Gasteiger partial charge in [0, 0.05) is 55.7 Å². The van der Waals surface area contributed by atoms with Gasteiger partial charge in [0.25, 0.3) is 0 Å². The monoisotopic (exact) mass is 487 g/mol. The van der Waals surface area contributed by atoms with Crippen molar-refractivity contribution in [1.29, 1.82) is 0 Å². The van der Waals surface area contributed by atoms with E-state index in [1.807, 2.05) is 24.3 Å². The van der Waals surface area contributed by atoms with E-state index in [0.717, 1.165) is 18.8 Å². The van der Waals surface area contributed by atoms with Crippen molar-refractivity contribution >= 4 is 40.7 Å². The Balaban J connectivity index is 1.31. The van der Waals surface area contributed by atoms with E-state index in [0.29, 0.717) is 36.9 Å². The van der Waals surface area contributed by atoms with Crippen LogP contribution in [-0.4, -0.2) is 79.4 Å². The number of nitrogens with one attached hydrogen (secondary N) is 2. The summed E-state index contributed by atoms with van der Waals surface area (Å²) in [7, 11) is 0. The number of hydrogen-bond acceptors (Lipinski definition) is 5. The normalized spacial score (nSPS) is 19.0. The summed E-state index contributed by atoms with van der Waals surface area (Å²) in [4.78, 5) is 43.9. The Morgan fingerprint density at radius 3 is 2.35 bits per heavy atom. The zero-order valence-electron chi connectivity index (χ0n) is 18.7. The number of nitrogens with zero attached hydrogens (tertiary/aromatic N) is 3. The first kappa shape index (κ1) is 24.0. The average Bonchev–Trinajstić information content (AvgIpc) is 2.83. The van der Waals surface area contributed by atoms with Crippen molar-refractivity contribution in [3.8, 4) is 0 Å². The molecule has 2 aliphatic rings. The first-order valence-electron chi connectivity index (χ1n) is 11.2. The fourth-order valence-electron chi connectivity index (χ4n) is 4.24. The minimum absolute atomic E-state index is 0.167. The molecule has 0 unspecified atom stereocenters. The van der Waals surface area contributed by atoms with Crippen LogP contribution in [0.25, 0.3) is 0 Å². The van der Waals surface area contributed by atoms with Crippen LogP contribution in [-0.2, 0) is 14.4 Å². The predicted molar refractivity (Wildman–Crippen MR) is 128 cm³/mol. The third-order valence-electron chi connectivity index (χ3n) is 6.08. The fourth-order valence-corrected chi connectivity index (χ4v) is 4.36. The zero-order chi connectivity index (χ0) is 24.1. The van der Waals surface area contributed by atoms with E-state index in [1.165, 1.54) is 29.2 Å². The van der Waals surface area contributed by atoms with E-state index in [-0.39, 0.29) is 24.8 Å². The molecule has 0 spiro atoms. The molecule has 0 aromatic heterocycles. The molecule has 3 amide bonds. The van der Waals surface area contributed by atoms with Crippen LogP contribution in [0.2, 0.25) is 5.02 Å². The molecule has 2 heterocycles. The maximum Gasteiger partial charge on any atom is 0.243 e. The van der Waals surface area contributed by atoms with Gasteiger partial charge in [-0.25, -0.2) is 4.39 Å². The van der Waals surface area contributed by atoms with Crippen molar-refractivity contribution in [2.45, 2.75) is 12.5 Å². The zero-order valence-corrected chi connectivity index (χ0v) is 19.4. The summed E-state index contributed by atoms with van der Waals surface area (Å²) in [6, 6.07) is 12.2. The summed E-state index contributed by atoms with van der Waals surface area (Å²) in [5.74, 6) is -1.34. The van der Waals surface area contributed by atoms with Crippen LogP contribution < -0.4 is 15.5 Å². The van der Waals surface area contributed by atoms with Crippen molar-refractivity contribution in [3.63, 3.8) is 0 Å². The van der Waals surface area contributed by atoms with E-state index < -0.39 is 17.8 Å². The maximum atomic E-state index is 13.1. The quantitative estimate of drug-likeness (QED) is 0.650. The molecule has 34 heavy (non-hydrogen) atoms. The van der Waals surface area contributed by atoms with Gasteiger partial charge in [-0.1, -0.05) is 11.6 Å². The molecular weight excluding hydrogens is 461 g/mol. The van der Waals surface area contributed by atoms with Crippen LogP contribution in [0.1, 0.15) is 6.42 Å². The molecule has 0 bridgehead atoms. The molecule has 2 fully saturated rings. The smallest absolute Gasteiger partial charge is 0.243 e. The van der Waals surface area contributed by atoms with E-state index in [4.69, 9.17) is 11.6 Å². The second-order valence-electron chi connectivity index (χ2n) is 8.39. The minimum atomic E-state index is -0.878. The summed E-state index contributed by atoms with van der Waals surface area (Å²) >= 11 is 5.97. The first-order chi connectivity index (χ1) is 16.4. The summed E-state index contributed by atoms with van der Waals surface area (Å²) in [6.45, 7) is 3.87. The fraction of sp³-hybridized carbons (Fsp3) is 0.375. The van der Waals surface area contributed by atoms with Gasteiger partial charge in [-0.05, 0) is 48.5 Å². The van der Waals surface area contributed by atoms with Crippen LogP contribution >= 0.6 is 11.6 Å². The number of halogens is 2. The highest BCUT2D eigenvalue weighted by Gasteiger charge is 2.35. The highest BCUT2D eigenvalue weighted by molar-refractivity contribution is 6.30. The molecule has 0 saturated carbocycles. The Kier molecular flexibility index (Phi) is 7.64. The number of hydrogen-bond donors (Lipinski definition) is 2. The van der Waals surface area contributed by atoms with E-state index >= 15 is 0 Å². The number of amides is 3. The lowest BCUT2D eigenvalue weighted by molar-refractivity contribution is -0.145. The van der Waals surface area contributed by atoms with Crippen LogP contribution in [0.15, 0.2) is 48.5 Å². The van der Waals surface area contributed by atoms with Crippen LogP contribution in [0.5, 0.6) is 0 Å². The molecule has 2 aromatic rings. The van der Waals surface area contributed by atoms with Gasteiger partial charge in [0.2, 0.25) is 17.7 Å². The van der Waals surface area contributed by atoms with Gasteiger partial charge in [-0.3, -0.25) is 19.3 Å². The molecule has 180 valence electrons. The largest absolute Gasteiger partial charge is 0.369 e. The molecule has 4 rings (SSSR count). The van der Waals surface area contributed by atoms with Gasteiger partial charge in [0.1, 0.15) is 11.9 Å². The van der Waals surface area contributed by atoms with Gasteiger partial charge >= 0.3 is 0 Å². The van der Waals surface area contributed by atoms with Crippen molar-refractivity contribution in [1.82, 2.24) is 15.1 Å². The highest BCUT2D eigenvalue weighted by Crippen LogP contribution is 2.20. The summed E-state index contributed by atoms with van der Waals surface area (Å²) in [6.07, 6.45) is -0.167. The number of benzene rings is 2. The topological polar surface area (TPSA) is 85.0 Å². The third kappa shape index (κ3) is 6.03. The van der Waals surface area contributed by atoms with Crippen molar-refractivity contribution in [2.24, 2.45) is 0 Å². The number of carbonyl (C=O) groups excluding carboxylic acids is 3. The average molecular weight is 488 g/mol. The summed E-state index contributed by atoms with van der Waals surface area (Å²) in [5.41, 5.74) is 1.52. The maximum absolute atomic E-state index is 13.1. The molecular formula is C24H27ClFN5O3. The van der Waals surface area contributed by atoms with Crippen molar-refractivity contribution in [3.05, 3.63) is 59.4 Å². The van der Waals surface area contributed by atoms with Gasteiger partial charge in [0.15, 0.2) is 0 Å². The highest BCUT2D eigenvalue weighted by atomic mass is 35.5. The number of anilines is 2. The lowest BCUT2D eigenvalue weighted by atomic mass is 10.1. The number of piperazine rings is 2. The molecule has 2 aliphatic heterocycles. The van der Waals surface area contributed by atoms with Crippen LogP contribution in [0.4, 0.5) is 15.8 Å². The Morgan fingerprint density at radius 2 is 1.68 bits per heavy atom. The van der Waals surface area contributed by atoms with E-state index in [9.17, 15) is 18.8 Å². The molecule has 10 heteroatoms. The number of rotatable bonds is 6. The van der Waals surface area contributed by atoms with E-state index in [2.05, 4.69) is 20.4 Å². The van der Waals surface area contributed by atoms with Crippen LogP contribution in [0.3, 0.4) is 0 Å². The molecule has 8 nitrogen and oxygen atoms in total. The molecule has 1 atom stereocenters. The summed E-state index contributed by atoms with van der Waals surface area (Å²) in [5, 5.41) is 6.08. The Morgan fingerprint density at radius 1 is 1.00 bits per heavy atom. The Bertz CT molecular complexity index is 1030. The van der Waals surface area contributed by atoms with Crippen molar-refractivity contribution < 1.29 is 18.8 Å². The Labute approximate surface area is 202 Å². The lowest BCUT2D eigenvalue weighted by Gasteiger charge is -2.39.